The number of piperidine rings is 1. The fourth-order valence-electron chi connectivity index (χ4n) is 4.18. The predicted octanol–water partition coefficient (Wildman–Crippen LogP) is 3.69. The summed E-state index contributed by atoms with van der Waals surface area (Å²) in [6.07, 6.45) is 7.77. The second kappa shape index (κ2) is 10.0. The van der Waals surface area contributed by atoms with E-state index >= 15 is 0 Å². The summed E-state index contributed by atoms with van der Waals surface area (Å²) in [5, 5.41) is -0.00343. The van der Waals surface area contributed by atoms with Gasteiger partial charge in [0.2, 0.25) is 0 Å². The standard InChI is InChI=1S/C24H28FN3O3S/c1-2-31-22(29)15-27-12-10-26-21(27)13-17-14-28(11-9-20(17)32)23(24(30)16-7-8-16)18-5-3-4-6-19(18)25/h3-6,10,12-13,16,20,23,32H,2,7-9,11,14-15H2,1H3. The molecule has 0 spiro atoms. The number of hydrogen-bond donors (Lipinski definition) is 1. The van der Waals surface area contributed by atoms with Gasteiger partial charge in [0, 0.05) is 42.2 Å². The van der Waals surface area contributed by atoms with Crippen molar-refractivity contribution in [3.8, 4) is 0 Å². The van der Waals surface area contributed by atoms with Crippen molar-refractivity contribution in [2.75, 3.05) is 19.7 Å². The molecular formula is C24H28FN3O3S. The molecule has 170 valence electrons. The number of aromatic nitrogens is 2. The minimum atomic E-state index is -0.604. The van der Waals surface area contributed by atoms with E-state index in [0.29, 0.717) is 31.1 Å². The summed E-state index contributed by atoms with van der Waals surface area (Å²) in [5.41, 5.74) is 1.42. The summed E-state index contributed by atoms with van der Waals surface area (Å²) in [4.78, 5) is 31.5. The van der Waals surface area contributed by atoms with Crippen molar-refractivity contribution in [1.29, 1.82) is 0 Å². The molecule has 6 nitrogen and oxygen atoms in total. The number of benzene rings is 1. The van der Waals surface area contributed by atoms with Crippen molar-refractivity contribution < 1.29 is 18.7 Å². The number of hydrogen-bond acceptors (Lipinski definition) is 6. The third kappa shape index (κ3) is 5.13. The molecule has 2 atom stereocenters. The molecule has 1 saturated carbocycles. The number of likely N-dealkylation sites (tertiary alicyclic amines) is 1. The number of thiol groups is 1. The van der Waals surface area contributed by atoms with Gasteiger partial charge in [0.15, 0.2) is 5.78 Å². The Morgan fingerprint density at radius 1 is 1.31 bits per heavy atom. The van der Waals surface area contributed by atoms with Crippen molar-refractivity contribution in [1.82, 2.24) is 14.5 Å². The second-order valence-corrected chi connectivity index (χ2v) is 8.94. The Labute approximate surface area is 192 Å². The summed E-state index contributed by atoms with van der Waals surface area (Å²) in [6.45, 7) is 3.31. The van der Waals surface area contributed by atoms with Crippen LogP contribution in [0, 0.1) is 11.7 Å². The number of rotatable bonds is 8. The van der Waals surface area contributed by atoms with E-state index in [2.05, 4.69) is 9.88 Å². The molecule has 2 unspecified atom stereocenters. The maximum atomic E-state index is 14.7. The number of esters is 1. The average Bonchev–Trinajstić information content (AvgIpc) is 3.54. The van der Waals surface area contributed by atoms with Crippen LogP contribution in [0.4, 0.5) is 4.39 Å². The highest BCUT2D eigenvalue weighted by atomic mass is 32.1. The van der Waals surface area contributed by atoms with Gasteiger partial charge in [-0.05, 0) is 43.9 Å². The smallest absolute Gasteiger partial charge is 0.325 e. The zero-order valence-corrected chi connectivity index (χ0v) is 19.0. The highest BCUT2D eigenvalue weighted by Gasteiger charge is 2.40. The van der Waals surface area contributed by atoms with Crippen LogP contribution in [0.1, 0.15) is 43.6 Å². The molecule has 1 aromatic heterocycles. The first-order valence-corrected chi connectivity index (χ1v) is 11.6. The van der Waals surface area contributed by atoms with E-state index in [-0.39, 0.29) is 35.3 Å². The highest BCUT2D eigenvalue weighted by molar-refractivity contribution is 7.81. The lowest BCUT2D eigenvalue weighted by atomic mass is 9.93. The van der Waals surface area contributed by atoms with Crippen LogP contribution in [0.25, 0.3) is 6.08 Å². The number of halogens is 1. The van der Waals surface area contributed by atoms with Crippen molar-refractivity contribution in [3.63, 3.8) is 0 Å². The van der Waals surface area contributed by atoms with Crippen molar-refractivity contribution >= 4 is 30.5 Å². The lowest BCUT2D eigenvalue weighted by molar-refractivity contribution is -0.143. The number of nitrogens with zero attached hydrogens (tertiary/aromatic N) is 3. The molecule has 0 amide bonds. The number of imidazole rings is 1. The van der Waals surface area contributed by atoms with E-state index < -0.39 is 6.04 Å². The molecule has 2 aromatic rings. The van der Waals surface area contributed by atoms with Gasteiger partial charge in [-0.3, -0.25) is 14.5 Å². The van der Waals surface area contributed by atoms with Gasteiger partial charge in [0.1, 0.15) is 18.2 Å². The molecule has 32 heavy (non-hydrogen) atoms. The number of ether oxygens (including phenoxy) is 1. The molecular weight excluding hydrogens is 429 g/mol. The number of carbonyl (C=O) groups is 2. The zero-order valence-electron chi connectivity index (χ0n) is 18.1. The SMILES string of the molecule is CCOC(=O)Cn1ccnc1C=C1CN(C(C(=O)C2CC2)c2ccccc2F)CCC1S. The van der Waals surface area contributed by atoms with Crippen LogP contribution < -0.4 is 0 Å². The van der Waals surface area contributed by atoms with Gasteiger partial charge in [-0.2, -0.15) is 12.6 Å². The molecule has 2 aliphatic rings. The average molecular weight is 458 g/mol. The Morgan fingerprint density at radius 3 is 2.81 bits per heavy atom. The van der Waals surface area contributed by atoms with Crippen molar-refractivity contribution in [2.45, 2.75) is 44.0 Å². The molecule has 1 aliphatic heterocycles. The molecule has 0 bridgehead atoms. The van der Waals surface area contributed by atoms with Gasteiger partial charge >= 0.3 is 5.97 Å². The van der Waals surface area contributed by atoms with Gasteiger partial charge < -0.3 is 9.30 Å². The van der Waals surface area contributed by atoms with Gasteiger partial charge in [-0.1, -0.05) is 18.2 Å². The first-order chi connectivity index (χ1) is 15.5. The van der Waals surface area contributed by atoms with Crippen LogP contribution in [-0.2, 0) is 20.9 Å². The summed E-state index contributed by atoms with van der Waals surface area (Å²) in [7, 11) is 0. The number of ketones is 1. The molecule has 2 fully saturated rings. The van der Waals surface area contributed by atoms with E-state index in [1.54, 1.807) is 42.1 Å². The Morgan fingerprint density at radius 2 is 2.09 bits per heavy atom. The first kappa shape index (κ1) is 22.7. The quantitative estimate of drug-likeness (QED) is 0.484. The minimum Gasteiger partial charge on any atom is -0.465 e. The van der Waals surface area contributed by atoms with Crippen LogP contribution >= 0.6 is 12.6 Å². The van der Waals surface area contributed by atoms with E-state index in [4.69, 9.17) is 17.4 Å². The van der Waals surface area contributed by atoms with E-state index in [1.165, 1.54) is 6.07 Å². The third-order valence-corrected chi connectivity index (χ3v) is 6.57. The molecule has 0 N–H and O–H groups in total. The van der Waals surface area contributed by atoms with E-state index in [9.17, 15) is 14.0 Å². The summed E-state index contributed by atoms with van der Waals surface area (Å²) in [5.74, 6) is 0.0625. The predicted molar refractivity (Wildman–Crippen MR) is 123 cm³/mol. The monoisotopic (exact) mass is 457 g/mol. The van der Waals surface area contributed by atoms with Crippen molar-refractivity contribution in [3.05, 3.63) is 59.4 Å². The summed E-state index contributed by atoms with van der Waals surface area (Å²) in [6, 6.07) is 5.94. The summed E-state index contributed by atoms with van der Waals surface area (Å²) < 4.78 is 21.5. The van der Waals surface area contributed by atoms with Gasteiger partial charge in [-0.25, -0.2) is 9.37 Å². The van der Waals surface area contributed by atoms with Crippen LogP contribution in [0.2, 0.25) is 0 Å². The molecule has 1 saturated heterocycles. The fraction of sp³-hybridized carbons (Fsp3) is 0.458. The number of Topliss-reactive ketones (excluding diaryl/α,β-unsaturated/α-hetero) is 1. The molecule has 1 aliphatic carbocycles. The fourth-order valence-corrected chi connectivity index (χ4v) is 4.45. The summed E-state index contributed by atoms with van der Waals surface area (Å²) >= 11 is 4.74. The van der Waals surface area contributed by atoms with Gasteiger partial charge in [0.05, 0.1) is 12.6 Å². The van der Waals surface area contributed by atoms with Gasteiger partial charge in [-0.15, -0.1) is 0 Å². The molecule has 2 heterocycles. The molecule has 1 aromatic carbocycles. The third-order valence-electron chi connectivity index (χ3n) is 5.98. The molecule has 4 rings (SSSR count). The van der Waals surface area contributed by atoms with E-state index in [0.717, 1.165) is 24.8 Å². The normalized spacial score (nSPS) is 21.5. The maximum Gasteiger partial charge on any atom is 0.325 e. The second-order valence-electron chi connectivity index (χ2n) is 8.31. The topological polar surface area (TPSA) is 64.4 Å². The van der Waals surface area contributed by atoms with Gasteiger partial charge in [0.25, 0.3) is 0 Å². The first-order valence-electron chi connectivity index (χ1n) is 11.1. The minimum absolute atomic E-state index is 0.00343. The maximum absolute atomic E-state index is 14.7. The van der Waals surface area contributed by atoms with Crippen LogP contribution in [0.5, 0.6) is 0 Å². The Balaban J connectivity index is 1.60. The van der Waals surface area contributed by atoms with Crippen molar-refractivity contribution in [2.24, 2.45) is 5.92 Å². The van der Waals surface area contributed by atoms with Crippen LogP contribution in [-0.4, -0.2) is 51.1 Å². The lowest BCUT2D eigenvalue weighted by Gasteiger charge is -2.37. The molecule has 0 radical (unpaired) electrons. The van der Waals surface area contributed by atoms with Crippen LogP contribution in [0.3, 0.4) is 0 Å². The largest absolute Gasteiger partial charge is 0.465 e. The lowest BCUT2D eigenvalue weighted by Crippen LogP contribution is -2.42. The zero-order chi connectivity index (χ0) is 22.7. The Bertz CT molecular complexity index is 1020. The van der Waals surface area contributed by atoms with E-state index in [1.807, 2.05) is 6.08 Å². The highest BCUT2D eigenvalue weighted by Crippen LogP contribution is 2.39. The Hall–Kier alpha value is -2.45. The number of carbonyl (C=O) groups excluding carboxylic acids is 2. The Kier molecular flexibility index (Phi) is 7.10. The van der Waals surface area contributed by atoms with Crippen LogP contribution in [0.15, 0.2) is 42.2 Å². The molecule has 8 heteroatoms.